The molecule has 1 aliphatic carbocycles. The third kappa shape index (κ3) is 4.84. The van der Waals surface area contributed by atoms with Gasteiger partial charge in [0.15, 0.2) is 0 Å². The Bertz CT molecular complexity index is 152. The van der Waals surface area contributed by atoms with Crippen molar-refractivity contribution < 1.29 is 4.74 Å². The van der Waals surface area contributed by atoms with Crippen LogP contribution in [0.3, 0.4) is 0 Å². The van der Waals surface area contributed by atoms with E-state index in [1.165, 1.54) is 51.4 Å². The predicted octanol–water partition coefficient (Wildman–Crippen LogP) is 3.51. The lowest BCUT2D eigenvalue weighted by Gasteiger charge is -2.37. The molecule has 2 nitrogen and oxygen atoms in total. The number of ether oxygens (including phenoxy) is 1. The lowest BCUT2D eigenvalue weighted by Crippen LogP contribution is -2.45. The minimum absolute atomic E-state index is 0.169. The van der Waals surface area contributed by atoms with Crippen molar-refractivity contribution in [1.82, 2.24) is 5.32 Å². The monoisotopic (exact) mass is 227 g/mol. The molecule has 1 saturated carbocycles. The van der Waals surface area contributed by atoms with E-state index in [4.69, 9.17) is 4.74 Å². The maximum atomic E-state index is 6.20. The molecule has 0 aromatic carbocycles. The van der Waals surface area contributed by atoms with E-state index < -0.39 is 0 Å². The van der Waals surface area contributed by atoms with Gasteiger partial charge in [-0.1, -0.05) is 39.5 Å². The smallest absolute Gasteiger partial charge is 0.0806 e. The quantitative estimate of drug-likeness (QED) is 0.641. The topological polar surface area (TPSA) is 21.3 Å². The summed E-state index contributed by atoms with van der Waals surface area (Å²) in [7, 11) is 0. The standard InChI is InChI=1S/C14H29NO/c1-3-5-12-16-14(13-15-11-4-2)9-7-6-8-10-14/h15H,3-13H2,1-2H3. The molecule has 0 atom stereocenters. The van der Waals surface area contributed by atoms with E-state index in [2.05, 4.69) is 19.2 Å². The number of unbranched alkanes of at least 4 members (excludes halogenated alkanes) is 1. The van der Waals surface area contributed by atoms with E-state index in [1.807, 2.05) is 0 Å². The predicted molar refractivity (Wildman–Crippen MR) is 69.8 cm³/mol. The summed E-state index contributed by atoms with van der Waals surface area (Å²) < 4.78 is 6.20. The zero-order valence-corrected chi connectivity index (χ0v) is 11.2. The number of hydrogen-bond donors (Lipinski definition) is 1. The Kier molecular flexibility index (Phi) is 7.06. The highest BCUT2D eigenvalue weighted by Gasteiger charge is 2.32. The molecule has 0 spiro atoms. The second-order valence-corrected chi connectivity index (χ2v) is 5.12. The largest absolute Gasteiger partial charge is 0.374 e. The summed E-state index contributed by atoms with van der Waals surface area (Å²) in [5, 5.41) is 3.55. The van der Waals surface area contributed by atoms with Crippen LogP contribution in [0, 0.1) is 0 Å². The van der Waals surface area contributed by atoms with Crippen LogP contribution in [0.1, 0.15) is 65.2 Å². The van der Waals surface area contributed by atoms with Gasteiger partial charge < -0.3 is 10.1 Å². The van der Waals surface area contributed by atoms with E-state index >= 15 is 0 Å². The highest BCUT2D eigenvalue weighted by Crippen LogP contribution is 2.31. The molecule has 96 valence electrons. The number of hydrogen-bond acceptors (Lipinski definition) is 2. The van der Waals surface area contributed by atoms with E-state index in [-0.39, 0.29) is 5.60 Å². The Morgan fingerprint density at radius 2 is 1.81 bits per heavy atom. The Morgan fingerprint density at radius 3 is 2.44 bits per heavy atom. The van der Waals surface area contributed by atoms with Gasteiger partial charge in [0, 0.05) is 13.2 Å². The second-order valence-electron chi connectivity index (χ2n) is 5.12. The van der Waals surface area contributed by atoms with Crippen LogP contribution < -0.4 is 5.32 Å². The molecule has 0 aromatic rings. The van der Waals surface area contributed by atoms with Crippen molar-refractivity contribution in [2.45, 2.75) is 70.8 Å². The summed E-state index contributed by atoms with van der Waals surface area (Å²) in [6.45, 7) is 7.58. The van der Waals surface area contributed by atoms with Crippen LogP contribution in [-0.4, -0.2) is 25.3 Å². The first-order valence-electron chi connectivity index (χ1n) is 7.17. The Morgan fingerprint density at radius 1 is 1.06 bits per heavy atom. The van der Waals surface area contributed by atoms with Gasteiger partial charge in [0.2, 0.25) is 0 Å². The molecule has 1 fully saturated rings. The van der Waals surface area contributed by atoms with Crippen LogP contribution in [0.4, 0.5) is 0 Å². The summed E-state index contributed by atoms with van der Waals surface area (Å²) in [6, 6.07) is 0. The summed E-state index contributed by atoms with van der Waals surface area (Å²) >= 11 is 0. The molecule has 0 saturated heterocycles. The van der Waals surface area contributed by atoms with E-state index in [0.29, 0.717) is 0 Å². The van der Waals surface area contributed by atoms with Gasteiger partial charge in [-0.2, -0.15) is 0 Å². The fourth-order valence-electron chi connectivity index (χ4n) is 2.49. The zero-order valence-electron chi connectivity index (χ0n) is 11.2. The summed E-state index contributed by atoms with van der Waals surface area (Å²) in [5.41, 5.74) is 0.169. The highest BCUT2D eigenvalue weighted by molar-refractivity contribution is 4.86. The first kappa shape index (κ1) is 14.0. The molecular formula is C14H29NO. The normalized spacial score (nSPS) is 19.9. The molecule has 0 aromatic heterocycles. The molecule has 0 radical (unpaired) electrons. The molecule has 1 N–H and O–H groups in total. The van der Waals surface area contributed by atoms with Gasteiger partial charge in [-0.15, -0.1) is 0 Å². The van der Waals surface area contributed by atoms with Gasteiger partial charge in [-0.3, -0.25) is 0 Å². The molecule has 0 unspecified atom stereocenters. The molecule has 1 rings (SSSR count). The first-order chi connectivity index (χ1) is 7.83. The van der Waals surface area contributed by atoms with Crippen LogP contribution in [0.2, 0.25) is 0 Å². The van der Waals surface area contributed by atoms with Gasteiger partial charge in [-0.25, -0.2) is 0 Å². The zero-order chi connectivity index (χ0) is 11.7. The second kappa shape index (κ2) is 8.08. The van der Waals surface area contributed by atoms with Crippen LogP contribution in [0.15, 0.2) is 0 Å². The van der Waals surface area contributed by atoms with E-state index in [1.54, 1.807) is 0 Å². The molecule has 16 heavy (non-hydrogen) atoms. The summed E-state index contributed by atoms with van der Waals surface area (Å²) in [4.78, 5) is 0. The van der Waals surface area contributed by atoms with Crippen molar-refractivity contribution in [3.63, 3.8) is 0 Å². The highest BCUT2D eigenvalue weighted by atomic mass is 16.5. The van der Waals surface area contributed by atoms with Crippen molar-refractivity contribution in [1.29, 1.82) is 0 Å². The first-order valence-corrected chi connectivity index (χ1v) is 7.17. The Balaban J connectivity index is 2.33. The van der Waals surface area contributed by atoms with E-state index in [0.717, 1.165) is 19.7 Å². The molecule has 0 heterocycles. The van der Waals surface area contributed by atoms with Crippen molar-refractivity contribution in [2.75, 3.05) is 19.7 Å². The average Bonchev–Trinajstić information content (AvgIpc) is 2.31. The fraction of sp³-hybridized carbons (Fsp3) is 1.00. The fourth-order valence-corrected chi connectivity index (χ4v) is 2.49. The van der Waals surface area contributed by atoms with Crippen LogP contribution >= 0.6 is 0 Å². The van der Waals surface area contributed by atoms with E-state index in [9.17, 15) is 0 Å². The minimum Gasteiger partial charge on any atom is -0.374 e. The Hall–Kier alpha value is -0.0800. The number of nitrogens with one attached hydrogen (secondary N) is 1. The SMILES string of the molecule is CCCCOC1(CNCCC)CCCCC1. The molecule has 2 heteroatoms. The lowest BCUT2D eigenvalue weighted by molar-refractivity contribution is -0.0692. The van der Waals surface area contributed by atoms with Crippen LogP contribution in [0.25, 0.3) is 0 Å². The molecule has 0 amide bonds. The van der Waals surface area contributed by atoms with Crippen molar-refractivity contribution in [3.8, 4) is 0 Å². The molecule has 1 aliphatic rings. The van der Waals surface area contributed by atoms with Gasteiger partial charge >= 0.3 is 0 Å². The lowest BCUT2D eigenvalue weighted by atomic mass is 9.84. The third-order valence-corrected chi connectivity index (χ3v) is 3.54. The van der Waals surface area contributed by atoms with Crippen molar-refractivity contribution >= 4 is 0 Å². The van der Waals surface area contributed by atoms with Crippen LogP contribution in [0.5, 0.6) is 0 Å². The molecule has 0 aliphatic heterocycles. The Labute approximate surface area is 101 Å². The number of rotatable bonds is 8. The van der Waals surface area contributed by atoms with Gasteiger partial charge in [0.05, 0.1) is 5.60 Å². The summed E-state index contributed by atoms with van der Waals surface area (Å²) in [6.07, 6.45) is 10.3. The third-order valence-electron chi connectivity index (χ3n) is 3.54. The average molecular weight is 227 g/mol. The molecular weight excluding hydrogens is 198 g/mol. The van der Waals surface area contributed by atoms with Crippen molar-refractivity contribution in [2.24, 2.45) is 0 Å². The van der Waals surface area contributed by atoms with Gasteiger partial charge in [-0.05, 0) is 32.2 Å². The van der Waals surface area contributed by atoms with Crippen molar-refractivity contribution in [3.05, 3.63) is 0 Å². The van der Waals surface area contributed by atoms with Crippen LogP contribution in [-0.2, 0) is 4.74 Å². The summed E-state index contributed by atoms with van der Waals surface area (Å²) in [5.74, 6) is 0. The van der Waals surface area contributed by atoms with Gasteiger partial charge in [0.1, 0.15) is 0 Å². The molecule has 0 bridgehead atoms. The maximum absolute atomic E-state index is 6.20. The minimum atomic E-state index is 0.169. The van der Waals surface area contributed by atoms with Gasteiger partial charge in [0.25, 0.3) is 0 Å². The maximum Gasteiger partial charge on any atom is 0.0806 e.